The molecule has 0 aliphatic rings. The Morgan fingerprint density at radius 3 is 2.57 bits per heavy atom. The molecule has 0 fully saturated rings. The summed E-state index contributed by atoms with van der Waals surface area (Å²) >= 11 is 0. The lowest BCUT2D eigenvalue weighted by molar-refractivity contribution is -0.120. The van der Waals surface area contributed by atoms with Crippen molar-refractivity contribution in [3.05, 3.63) is 46.8 Å². The molecular formula is C16H21N3O2. The van der Waals surface area contributed by atoms with Crippen molar-refractivity contribution in [2.24, 2.45) is 0 Å². The maximum atomic E-state index is 11.9. The van der Waals surface area contributed by atoms with E-state index in [1.807, 2.05) is 38.1 Å². The third kappa shape index (κ3) is 4.08. The van der Waals surface area contributed by atoms with Gasteiger partial charge in [0.05, 0.1) is 19.2 Å². The number of ether oxygens (including phenoxy) is 1. The molecule has 112 valence electrons. The number of methoxy groups -OCH3 is 1. The number of amides is 1. The van der Waals surface area contributed by atoms with E-state index >= 15 is 0 Å². The van der Waals surface area contributed by atoms with Gasteiger partial charge in [0.15, 0.2) is 0 Å². The smallest absolute Gasteiger partial charge is 0.224 e. The largest absolute Gasteiger partial charge is 0.497 e. The minimum atomic E-state index is 0.0268. The molecule has 0 bridgehead atoms. The summed E-state index contributed by atoms with van der Waals surface area (Å²) in [5.41, 5.74) is 4.22. The van der Waals surface area contributed by atoms with Gasteiger partial charge in [0.1, 0.15) is 5.75 Å². The molecular weight excluding hydrogens is 266 g/mol. The zero-order valence-electron chi connectivity index (χ0n) is 12.7. The van der Waals surface area contributed by atoms with Crippen LogP contribution in [0.15, 0.2) is 24.3 Å². The first-order valence-corrected chi connectivity index (χ1v) is 7.00. The van der Waals surface area contributed by atoms with Gasteiger partial charge in [-0.1, -0.05) is 12.1 Å². The minimum absolute atomic E-state index is 0.0268. The molecule has 1 aromatic carbocycles. The number of nitrogens with zero attached hydrogens (tertiary/aromatic N) is 1. The molecule has 2 N–H and O–H groups in total. The molecule has 0 saturated heterocycles. The summed E-state index contributed by atoms with van der Waals surface area (Å²) in [7, 11) is 1.63. The van der Waals surface area contributed by atoms with E-state index in [0.717, 1.165) is 29.1 Å². The summed E-state index contributed by atoms with van der Waals surface area (Å²) < 4.78 is 5.09. The molecule has 0 saturated carbocycles. The number of hydrogen-bond acceptors (Lipinski definition) is 3. The topological polar surface area (TPSA) is 67.0 Å². The molecule has 0 atom stereocenters. The van der Waals surface area contributed by atoms with Gasteiger partial charge in [0, 0.05) is 12.2 Å². The highest BCUT2D eigenvalue weighted by molar-refractivity contribution is 5.78. The summed E-state index contributed by atoms with van der Waals surface area (Å²) in [5, 5.41) is 10.0. The second kappa shape index (κ2) is 6.92. The fraction of sp³-hybridized carbons (Fsp3) is 0.375. The molecule has 0 aliphatic carbocycles. The van der Waals surface area contributed by atoms with E-state index in [1.54, 1.807) is 7.11 Å². The SMILES string of the molecule is COc1ccc(CC(=O)NCCc2c(C)n[nH]c2C)cc1. The Kier molecular flexibility index (Phi) is 4.98. The van der Waals surface area contributed by atoms with Gasteiger partial charge in [-0.05, 0) is 43.5 Å². The first-order chi connectivity index (χ1) is 10.1. The van der Waals surface area contributed by atoms with Crippen LogP contribution in [0.3, 0.4) is 0 Å². The van der Waals surface area contributed by atoms with Gasteiger partial charge in [-0.25, -0.2) is 0 Å². The summed E-state index contributed by atoms with van der Waals surface area (Å²) in [6.07, 6.45) is 1.18. The summed E-state index contributed by atoms with van der Waals surface area (Å²) in [4.78, 5) is 11.9. The lowest BCUT2D eigenvalue weighted by Gasteiger charge is -2.06. The number of rotatable bonds is 6. The van der Waals surface area contributed by atoms with Crippen LogP contribution in [0, 0.1) is 13.8 Å². The molecule has 2 aromatic rings. The summed E-state index contributed by atoms with van der Waals surface area (Å²) in [6.45, 7) is 4.59. The monoisotopic (exact) mass is 287 g/mol. The number of hydrogen-bond donors (Lipinski definition) is 2. The van der Waals surface area contributed by atoms with Gasteiger partial charge in [0.25, 0.3) is 0 Å². The van der Waals surface area contributed by atoms with Crippen LogP contribution in [-0.2, 0) is 17.6 Å². The number of nitrogens with one attached hydrogen (secondary N) is 2. The Morgan fingerprint density at radius 2 is 2.00 bits per heavy atom. The highest BCUT2D eigenvalue weighted by atomic mass is 16.5. The molecule has 2 rings (SSSR count). The van der Waals surface area contributed by atoms with Gasteiger partial charge in [-0.15, -0.1) is 0 Å². The Labute approximate surface area is 124 Å². The van der Waals surface area contributed by atoms with Crippen LogP contribution in [0.1, 0.15) is 22.5 Å². The fourth-order valence-corrected chi connectivity index (χ4v) is 2.26. The van der Waals surface area contributed by atoms with Gasteiger partial charge in [0.2, 0.25) is 5.91 Å². The Hall–Kier alpha value is -2.30. The number of aromatic amines is 1. The fourth-order valence-electron chi connectivity index (χ4n) is 2.26. The lowest BCUT2D eigenvalue weighted by Crippen LogP contribution is -2.27. The number of carbonyl (C=O) groups excluding carboxylic acids is 1. The number of H-pyrrole nitrogens is 1. The van der Waals surface area contributed by atoms with E-state index in [4.69, 9.17) is 4.74 Å². The Balaban J connectivity index is 1.79. The quantitative estimate of drug-likeness (QED) is 0.853. The van der Waals surface area contributed by atoms with Crippen LogP contribution in [0.4, 0.5) is 0 Å². The van der Waals surface area contributed by atoms with E-state index < -0.39 is 0 Å². The molecule has 0 unspecified atom stereocenters. The number of benzene rings is 1. The van der Waals surface area contributed by atoms with Gasteiger partial charge in [-0.3, -0.25) is 9.89 Å². The van der Waals surface area contributed by atoms with Crippen molar-refractivity contribution in [3.8, 4) is 5.75 Å². The highest BCUT2D eigenvalue weighted by Crippen LogP contribution is 2.12. The van der Waals surface area contributed by atoms with Crippen LogP contribution < -0.4 is 10.1 Å². The van der Waals surface area contributed by atoms with Crippen molar-refractivity contribution in [2.45, 2.75) is 26.7 Å². The van der Waals surface area contributed by atoms with E-state index in [2.05, 4.69) is 15.5 Å². The predicted octanol–water partition coefficient (Wildman–Crippen LogP) is 1.94. The van der Waals surface area contributed by atoms with E-state index in [9.17, 15) is 4.79 Å². The second-order valence-corrected chi connectivity index (χ2v) is 5.04. The normalized spacial score (nSPS) is 10.4. The van der Waals surface area contributed by atoms with Gasteiger partial charge >= 0.3 is 0 Å². The molecule has 0 spiro atoms. The van der Waals surface area contributed by atoms with Crippen LogP contribution in [0.5, 0.6) is 5.75 Å². The Morgan fingerprint density at radius 1 is 1.29 bits per heavy atom. The third-order valence-electron chi connectivity index (χ3n) is 3.50. The summed E-state index contributed by atoms with van der Waals surface area (Å²) in [5.74, 6) is 0.823. The standard InChI is InChI=1S/C16H21N3O2/c1-11-15(12(2)19-18-11)8-9-17-16(20)10-13-4-6-14(21-3)7-5-13/h4-7H,8-10H2,1-3H3,(H,17,20)(H,18,19). The predicted molar refractivity (Wildman–Crippen MR) is 81.5 cm³/mol. The van der Waals surface area contributed by atoms with Gasteiger partial charge in [-0.2, -0.15) is 5.10 Å². The van der Waals surface area contributed by atoms with E-state index in [-0.39, 0.29) is 5.91 Å². The number of aryl methyl sites for hydroxylation is 2. The van der Waals surface area contributed by atoms with Crippen molar-refractivity contribution in [3.63, 3.8) is 0 Å². The van der Waals surface area contributed by atoms with Crippen molar-refractivity contribution in [1.29, 1.82) is 0 Å². The Bertz CT molecular complexity index is 583. The summed E-state index contributed by atoms with van der Waals surface area (Å²) in [6, 6.07) is 7.53. The third-order valence-corrected chi connectivity index (χ3v) is 3.50. The van der Waals surface area contributed by atoms with Gasteiger partial charge < -0.3 is 10.1 Å². The zero-order chi connectivity index (χ0) is 15.2. The van der Waals surface area contributed by atoms with Crippen LogP contribution in [0.25, 0.3) is 0 Å². The highest BCUT2D eigenvalue weighted by Gasteiger charge is 2.07. The molecule has 0 aliphatic heterocycles. The molecule has 5 heteroatoms. The first kappa shape index (κ1) is 15.1. The van der Waals surface area contributed by atoms with E-state index in [1.165, 1.54) is 5.56 Å². The van der Waals surface area contributed by atoms with Crippen molar-refractivity contribution < 1.29 is 9.53 Å². The minimum Gasteiger partial charge on any atom is -0.497 e. The van der Waals surface area contributed by atoms with Crippen LogP contribution in [0.2, 0.25) is 0 Å². The second-order valence-electron chi connectivity index (χ2n) is 5.04. The maximum absolute atomic E-state index is 11.9. The molecule has 1 amide bonds. The number of aromatic nitrogens is 2. The van der Waals surface area contributed by atoms with Crippen molar-refractivity contribution >= 4 is 5.91 Å². The molecule has 21 heavy (non-hydrogen) atoms. The zero-order valence-corrected chi connectivity index (χ0v) is 12.7. The number of carbonyl (C=O) groups is 1. The average Bonchev–Trinajstić information content (AvgIpc) is 2.80. The average molecular weight is 287 g/mol. The van der Waals surface area contributed by atoms with Crippen LogP contribution in [-0.4, -0.2) is 29.8 Å². The lowest BCUT2D eigenvalue weighted by atomic mass is 10.1. The molecule has 1 heterocycles. The van der Waals surface area contributed by atoms with E-state index in [0.29, 0.717) is 13.0 Å². The molecule has 1 aromatic heterocycles. The molecule has 5 nitrogen and oxygen atoms in total. The van der Waals surface area contributed by atoms with Crippen molar-refractivity contribution in [2.75, 3.05) is 13.7 Å². The first-order valence-electron chi connectivity index (χ1n) is 7.00. The van der Waals surface area contributed by atoms with Crippen LogP contribution >= 0.6 is 0 Å². The molecule has 0 radical (unpaired) electrons. The van der Waals surface area contributed by atoms with Crippen molar-refractivity contribution in [1.82, 2.24) is 15.5 Å². The maximum Gasteiger partial charge on any atom is 0.224 e.